The molecule has 1 unspecified atom stereocenters. The van der Waals surface area contributed by atoms with Gasteiger partial charge in [-0.05, 0) is 43.5 Å². The maximum atomic E-state index is 12.0. The van der Waals surface area contributed by atoms with Crippen molar-refractivity contribution in [2.75, 3.05) is 19.7 Å². The van der Waals surface area contributed by atoms with Crippen LogP contribution in [0.3, 0.4) is 0 Å². The highest BCUT2D eigenvalue weighted by atomic mass is 35.5. The van der Waals surface area contributed by atoms with Crippen molar-refractivity contribution in [3.63, 3.8) is 0 Å². The van der Waals surface area contributed by atoms with Crippen molar-refractivity contribution in [3.05, 3.63) is 28.8 Å². The molecule has 0 radical (unpaired) electrons. The Morgan fingerprint density at radius 1 is 1.55 bits per heavy atom. The van der Waals surface area contributed by atoms with Crippen LogP contribution in [0.5, 0.6) is 5.75 Å². The summed E-state index contributed by atoms with van der Waals surface area (Å²) in [4.78, 5) is 13.8. The number of likely N-dealkylation sites (tertiary alicyclic amines) is 1. The largest absolute Gasteiger partial charge is 0.483 e. The van der Waals surface area contributed by atoms with Crippen LogP contribution in [0.25, 0.3) is 0 Å². The number of nitrogens with zero attached hydrogens (tertiary/aromatic N) is 1. The van der Waals surface area contributed by atoms with Gasteiger partial charge in [0.05, 0.1) is 0 Å². The molecular weight excluding hydrogens is 299 g/mol. The summed E-state index contributed by atoms with van der Waals surface area (Å²) >= 11 is 5.87. The topological polar surface area (TPSA) is 55.6 Å². The van der Waals surface area contributed by atoms with Crippen molar-refractivity contribution in [3.8, 4) is 5.75 Å². The molecule has 1 saturated heterocycles. The van der Waals surface area contributed by atoms with Gasteiger partial charge in [0.25, 0.3) is 5.91 Å². The molecule has 1 fully saturated rings. The van der Waals surface area contributed by atoms with Crippen molar-refractivity contribution in [2.45, 2.75) is 25.8 Å². The van der Waals surface area contributed by atoms with Gasteiger partial charge in [-0.15, -0.1) is 12.4 Å². The second-order valence-corrected chi connectivity index (χ2v) is 5.38. The Balaban J connectivity index is 0.00000200. The summed E-state index contributed by atoms with van der Waals surface area (Å²) in [5.41, 5.74) is 6.79. The molecule has 1 aromatic carbocycles. The summed E-state index contributed by atoms with van der Waals surface area (Å²) in [6, 6.07) is 5.45. The smallest absolute Gasteiger partial charge is 0.260 e. The van der Waals surface area contributed by atoms with Crippen LogP contribution in [-0.2, 0) is 4.79 Å². The standard InChI is InChI=1S/C14H19ClN2O2.ClH/c1-10-7-11(15)4-5-13(10)19-9-14(18)17-6-2-3-12(16)8-17;/h4-5,7,12H,2-3,6,8-9,16H2,1H3;1H. The van der Waals surface area contributed by atoms with Crippen LogP contribution in [0.15, 0.2) is 18.2 Å². The van der Waals surface area contributed by atoms with Gasteiger partial charge in [0, 0.05) is 24.2 Å². The van der Waals surface area contributed by atoms with Gasteiger partial charge in [0.15, 0.2) is 6.61 Å². The van der Waals surface area contributed by atoms with Gasteiger partial charge in [-0.1, -0.05) is 11.6 Å². The summed E-state index contributed by atoms with van der Waals surface area (Å²) < 4.78 is 5.55. The van der Waals surface area contributed by atoms with Gasteiger partial charge in [0.1, 0.15) is 5.75 Å². The van der Waals surface area contributed by atoms with Crippen LogP contribution in [0, 0.1) is 6.92 Å². The van der Waals surface area contributed by atoms with Crippen molar-refractivity contribution in [1.29, 1.82) is 0 Å². The molecule has 1 aliphatic rings. The van der Waals surface area contributed by atoms with Gasteiger partial charge < -0.3 is 15.4 Å². The molecule has 0 saturated carbocycles. The maximum Gasteiger partial charge on any atom is 0.260 e. The van der Waals surface area contributed by atoms with E-state index in [-0.39, 0.29) is 31.0 Å². The van der Waals surface area contributed by atoms with Crippen molar-refractivity contribution < 1.29 is 9.53 Å². The Hall–Kier alpha value is -0.970. The highest BCUT2D eigenvalue weighted by Crippen LogP contribution is 2.21. The third-order valence-corrected chi connectivity index (χ3v) is 3.53. The molecule has 4 nitrogen and oxygen atoms in total. The minimum atomic E-state index is -0.00972. The minimum absolute atomic E-state index is 0. The first-order chi connectivity index (χ1) is 9.06. The Labute approximate surface area is 130 Å². The first kappa shape index (κ1) is 17.1. The number of carbonyl (C=O) groups is 1. The highest BCUT2D eigenvalue weighted by Gasteiger charge is 2.21. The van der Waals surface area contributed by atoms with E-state index in [1.807, 2.05) is 13.0 Å². The molecule has 0 bridgehead atoms. The summed E-state index contributed by atoms with van der Waals surface area (Å²) in [7, 11) is 0. The molecule has 1 amide bonds. The van der Waals surface area contributed by atoms with Crippen molar-refractivity contribution in [2.24, 2.45) is 5.73 Å². The Bertz CT molecular complexity index is 468. The van der Waals surface area contributed by atoms with Crippen LogP contribution in [0.4, 0.5) is 0 Å². The fraction of sp³-hybridized carbons (Fsp3) is 0.500. The number of hydrogen-bond acceptors (Lipinski definition) is 3. The van der Waals surface area contributed by atoms with Crippen LogP contribution in [0.1, 0.15) is 18.4 Å². The van der Waals surface area contributed by atoms with E-state index in [9.17, 15) is 4.79 Å². The normalized spacial score (nSPS) is 18.4. The number of benzene rings is 1. The zero-order valence-corrected chi connectivity index (χ0v) is 13.0. The highest BCUT2D eigenvalue weighted by molar-refractivity contribution is 6.30. The number of amides is 1. The number of piperidine rings is 1. The maximum absolute atomic E-state index is 12.0. The third kappa shape index (κ3) is 4.54. The molecule has 1 aliphatic heterocycles. The van der Waals surface area contributed by atoms with Crippen LogP contribution < -0.4 is 10.5 Å². The van der Waals surface area contributed by atoms with Crippen LogP contribution in [0.2, 0.25) is 5.02 Å². The lowest BCUT2D eigenvalue weighted by atomic mass is 10.1. The average molecular weight is 319 g/mol. The first-order valence-electron chi connectivity index (χ1n) is 6.48. The van der Waals surface area contributed by atoms with E-state index in [0.29, 0.717) is 17.3 Å². The SMILES string of the molecule is Cc1cc(Cl)ccc1OCC(=O)N1CCCC(N)C1.Cl. The zero-order chi connectivity index (χ0) is 13.8. The Morgan fingerprint density at radius 2 is 2.30 bits per heavy atom. The molecule has 20 heavy (non-hydrogen) atoms. The van der Waals surface area contributed by atoms with Crippen molar-refractivity contribution >= 4 is 29.9 Å². The monoisotopic (exact) mass is 318 g/mol. The number of carbonyl (C=O) groups excluding carboxylic acids is 1. The number of aryl methyl sites for hydroxylation is 1. The molecule has 6 heteroatoms. The second-order valence-electron chi connectivity index (χ2n) is 4.94. The predicted molar refractivity (Wildman–Crippen MR) is 82.7 cm³/mol. The molecule has 2 rings (SSSR count). The van der Waals surface area contributed by atoms with E-state index in [2.05, 4.69) is 0 Å². The fourth-order valence-corrected chi connectivity index (χ4v) is 2.47. The first-order valence-corrected chi connectivity index (χ1v) is 6.86. The number of ether oxygens (including phenoxy) is 1. The lowest BCUT2D eigenvalue weighted by molar-refractivity contribution is -0.134. The molecule has 1 heterocycles. The van der Waals surface area contributed by atoms with Gasteiger partial charge >= 0.3 is 0 Å². The van der Waals surface area contributed by atoms with Crippen LogP contribution >= 0.6 is 24.0 Å². The summed E-state index contributed by atoms with van der Waals surface area (Å²) in [5.74, 6) is 0.684. The van der Waals surface area contributed by atoms with Crippen LogP contribution in [-0.4, -0.2) is 36.5 Å². The molecular formula is C14H20Cl2N2O2. The molecule has 1 atom stereocenters. The third-order valence-electron chi connectivity index (χ3n) is 3.30. The van der Waals surface area contributed by atoms with E-state index in [0.717, 1.165) is 24.9 Å². The van der Waals surface area contributed by atoms with E-state index in [1.165, 1.54) is 0 Å². The molecule has 0 aromatic heterocycles. The van der Waals surface area contributed by atoms with E-state index in [1.54, 1.807) is 17.0 Å². The second kappa shape index (κ2) is 7.72. The zero-order valence-electron chi connectivity index (χ0n) is 11.5. The number of nitrogens with two attached hydrogens (primary N) is 1. The lowest BCUT2D eigenvalue weighted by Gasteiger charge is -2.30. The number of rotatable bonds is 3. The molecule has 2 N–H and O–H groups in total. The Kier molecular flexibility index (Phi) is 6.59. The lowest BCUT2D eigenvalue weighted by Crippen LogP contribution is -2.47. The molecule has 112 valence electrons. The Morgan fingerprint density at radius 3 is 2.95 bits per heavy atom. The van der Waals surface area contributed by atoms with Gasteiger partial charge in [-0.2, -0.15) is 0 Å². The molecule has 0 spiro atoms. The van der Waals surface area contributed by atoms with E-state index >= 15 is 0 Å². The molecule has 0 aliphatic carbocycles. The van der Waals surface area contributed by atoms with Crippen molar-refractivity contribution in [1.82, 2.24) is 4.90 Å². The summed E-state index contributed by atoms with van der Waals surface area (Å²) in [5, 5.41) is 0.665. The van der Waals surface area contributed by atoms with Gasteiger partial charge in [0.2, 0.25) is 0 Å². The average Bonchev–Trinajstić information content (AvgIpc) is 2.37. The predicted octanol–water partition coefficient (Wildman–Crippen LogP) is 2.40. The van der Waals surface area contributed by atoms with Gasteiger partial charge in [-0.3, -0.25) is 4.79 Å². The minimum Gasteiger partial charge on any atom is -0.483 e. The fourth-order valence-electron chi connectivity index (χ4n) is 2.24. The van der Waals surface area contributed by atoms with E-state index < -0.39 is 0 Å². The van der Waals surface area contributed by atoms with Gasteiger partial charge in [-0.25, -0.2) is 0 Å². The number of hydrogen-bond donors (Lipinski definition) is 1. The summed E-state index contributed by atoms with van der Waals surface area (Å²) in [6.45, 7) is 3.36. The number of halogens is 2. The molecule has 1 aromatic rings. The van der Waals surface area contributed by atoms with E-state index in [4.69, 9.17) is 22.1 Å². The summed E-state index contributed by atoms with van der Waals surface area (Å²) in [6.07, 6.45) is 1.95. The quantitative estimate of drug-likeness (QED) is 0.931.